The molecule has 0 saturated carbocycles. The number of hydrogen-bond donors (Lipinski definition) is 0. The lowest BCUT2D eigenvalue weighted by molar-refractivity contribution is 1.25. The summed E-state index contributed by atoms with van der Waals surface area (Å²) in [7, 11) is 0. The number of benzene rings is 15. The number of allylic oxidation sites excluding steroid dienone is 2. The maximum atomic E-state index is 5.05. The molecule has 0 fully saturated rings. The van der Waals surface area contributed by atoms with Crippen LogP contribution in [0.5, 0.6) is 0 Å². The van der Waals surface area contributed by atoms with Crippen LogP contribution in [0.4, 0.5) is 0 Å². The molecule has 23 aromatic rings. The van der Waals surface area contributed by atoms with Crippen LogP contribution in [0, 0.1) is 0 Å². The molecule has 0 N–H and O–H groups in total. The highest BCUT2D eigenvalue weighted by Crippen LogP contribution is 2.44. The van der Waals surface area contributed by atoms with E-state index in [4.69, 9.17) is 24.9 Å². The molecule has 2 aliphatic rings. The van der Waals surface area contributed by atoms with Crippen LogP contribution in [0.25, 0.3) is 231 Å². The lowest BCUT2D eigenvalue weighted by atomic mass is 9.81. The summed E-state index contributed by atoms with van der Waals surface area (Å²) in [5.74, 6) is 0. The fourth-order valence-electron chi connectivity index (χ4n) is 17.7. The topological polar surface area (TPSA) is 103 Å². The second kappa shape index (κ2) is 26.3. The van der Waals surface area contributed by atoms with E-state index >= 15 is 0 Å². The van der Waals surface area contributed by atoms with Crippen LogP contribution in [-0.2, 0) is 12.8 Å². The van der Waals surface area contributed by atoms with Crippen molar-refractivity contribution in [2.24, 2.45) is 0 Å². The summed E-state index contributed by atoms with van der Waals surface area (Å²) < 4.78 is 0. The Morgan fingerprint density at radius 2 is 0.605 bits per heavy atom. The van der Waals surface area contributed by atoms with Gasteiger partial charge in [-0.25, -0.2) is 4.98 Å². The zero-order valence-corrected chi connectivity index (χ0v) is 61.6. The van der Waals surface area contributed by atoms with Crippen molar-refractivity contribution in [1.82, 2.24) is 39.9 Å². The minimum Gasteiger partial charge on any atom is -0.254 e. The highest BCUT2D eigenvalue weighted by molar-refractivity contribution is 6.13. The van der Waals surface area contributed by atoms with Gasteiger partial charge in [-0.3, -0.25) is 34.9 Å². The van der Waals surface area contributed by atoms with Gasteiger partial charge in [0.25, 0.3) is 0 Å². The molecule has 8 nitrogen and oxygen atoms in total. The first kappa shape index (κ1) is 64.8. The molecule has 0 radical (unpaired) electrons. The van der Waals surface area contributed by atoms with Gasteiger partial charge in [0.2, 0.25) is 0 Å². The molecule has 8 heteroatoms. The Morgan fingerprint density at radius 1 is 0.211 bits per heavy atom. The standard InChI is InChI=1S/C40H24N2.C38H22N4.C28H18N2/c1-3-7-27-19-34-21-31(10-9-29(34)17-25(27)5-1)36-23-33-13-14-38-37(15-16-41-40(38)39(33)42-24-36)32-12-11-30-18-26-6-2-4-8-28(26)20-35(30)22-32;1-3-23-7-12-30-21-33(22-41-37(30)35(23)39-15-1)28-9-8-26-18-32-20-29(11-10-27(32)17-31(26)19-28)34-14-13-25-6-5-24-4-2-16-40-36(24)38(25)42-34;1-4-17-9-10-18-5-2-8-23-24(15-20(6-1)25(17)26(18)23)22-14-21-12-11-19-7-3-13-29-27(19)28(21)30-16-22/h1-24H;1-22H;1-3,5-7,9-16H,4,8H2. The molecule has 0 unspecified atom stereocenters. The highest BCUT2D eigenvalue weighted by atomic mass is 14.8. The first-order chi connectivity index (χ1) is 56.4. The summed E-state index contributed by atoms with van der Waals surface area (Å²) in [5, 5.41) is 26.5. The first-order valence-corrected chi connectivity index (χ1v) is 38.8. The normalized spacial score (nSPS) is 12.4. The second-order valence-electron chi connectivity index (χ2n) is 30.2. The Balaban J connectivity index is 0.000000103. The maximum Gasteiger partial charge on any atom is 0.0972 e. The van der Waals surface area contributed by atoms with Crippen LogP contribution < -0.4 is 0 Å². The van der Waals surface area contributed by atoms with Crippen molar-refractivity contribution in [3.63, 3.8) is 0 Å². The van der Waals surface area contributed by atoms with Crippen molar-refractivity contribution < 1.29 is 0 Å². The Bertz CT molecular complexity index is 8140. The quantitative estimate of drug-likeness (QED) is 0.124. The third-order valence-electron chi connectivity index (χ3n) is 23.4. The zero-order chi connectivity index (χ0) is 74.9. The van der Waals surface area contributed by atoms with Crippen LogP contribution in [0.1, 0.15) is 22.3 Å². The largest absolute Gasteiger partial charge is 0.254 e. The molecule has 528 valence electrons. The number of rotatable bonds is 5. The van der Waals surface area contributed by atoms with E-state index in [1.54, 1.807) is 0 Å². The van der Waals surface area contributed by atoms with Gasteiger partial charge in [-0.05, 0) is 254 Å². The van der Waals surface area contributed by atoms with Crippen LogP contribution in [0.2, 0.25) is 0 Å². The predicted molar refractivity (Wildman–Crippen MR) is 477 cm³/mol. The van der Waals surface area contributed by atoms with E-state index in [-0.39, 0.29) is 0 Å². The average molecular weight is 1450 g/mol. The summed E-state index contributed by atoms with van der Waals surface area (Å²) in [6.07, 6.45) is 24.5. The highest BCUT2D eigenvalue weighted by Gasteiger charge is 2.22. The lowest BCUT2D eigenvalue weighted by Gasteiger charge is -2.23. The van der Waals surface area contributed by atoms with Crippen molar-refractivity contribution in [2.45, 2.75) is 12.8 Å². The predicted octanol–water partition coefficient (Wildman–Crippen LogP) is 27.0. The Hall–Kier alpha value is -15.1. The second-order valence-corrected chi connectivity index (χ2v) is 30.2. The molecule has 0 spiro atoms. The van der Waals surface area contributed by atoms with E-state index in [0.29, 0.717) is 0 Å². The average Bonchev–Trinajstić information content (AvgIpc) is 0.722. The van der Waals surface area contributed by atoms with E-state index in [0.717, 1.165) is 134 Å². The maximum absolute atomic E-state index is 5.05. The molecule has 0 bridgehead atoms. The van der Waals surface area contributed by atoms with E-state index in [1.807, 2.05) is 61.6 Å². The summed E-state index contributed by atoms with van der Waals surface area (Å²) in [5.41, 5.74) is 24.4. The summed E-state index contributed by atoms with van der Waals surface area (Å²) >= 11 is 0. The molecule has 25 rings (SSSR count). The summed E-state index contributed by atoms with van der Waals surface area (Å²) in [6, 6.07) is 107. The van der Waals surface area contributed by atoms with Crippen molar-refractivity contribution >= 4 is 175 Å². The minimum atomic E-state index is 0.927. The molecule has 8 aromatic heterocycles. The molecule has 2 aliphatic carbocycles. The van der Waals surface area contributed by atoms with Crippen LogP contribution in [0.15, 0.2) is 353 Å². The molecule has 8 heterocycles. The Labute approximate surface area is 654 Å². The van der Waals surface area contributed by atoms with Gasteiger partial charge < -0.3 is 0 Å². The number of hydrogen-bond acceptors (Lipinski definition) is 8. The Morgan fingerprint density at radius 3 is 1.18 bits per heavy atom. The van der Waals surface area contributed by atoms with Gasteiger partial charge in [0, 0.05) is 109 Å². The third kappa shape index (κ3) is 11.1. The van der Waals surface area contributed by atoms with E-state index in [9.17, 15) is 0 Å². The van der Waals surface area contributed by atoms with E-state index < -0.39 is 0 Å². The lowest BCUT2D eigenvalue weighted by Crippen LogP contribution is -2.03. The number of fused-ring (bicyclic) bond motifs is 18. The number of pyridine rings is 8. The smallest absolute Gasteiger partial charge is 0.0972 e. The van der Waals surface area contributed by atoms with E-state index in [1.165, 1.54) is 120 Å². The van der Waals surface area contributed by atoms with Crippen molar-refractivity contribution in [1.29, 1.82) is 0 Å². The number of aromatic nitrogens is 8. The molecule has 0 atom stereocenters. The van der Waals surface area contributed by atoms with Gasteiger partial charge in [-0.2, -0.15) is 0 Å². The molecular formula is C106H64N8. The van der Waals surface area contributed by atoms with Gasteiger partial charge in [-0.15, -0.1) is 0 Å². The summed E-state index contributed by atoms with van der Waals surface area (Å²) in [4.78, 5) is 38.3. The number of nitrogens with zero attached hydrogens (tertiary/aromatic N) is 8. The van der Waals surface area contributed by atoms with Gasteiger partial charge in [0.1, 0.15) is 0 Å². The van der Waals surface area contributed by atoms with Gasteiger partial charge in [0.15, 0.2) is 0 Å². The molecule has 114 heavy (non-hydrogen) atoms. The zero-order valence-electron chi connectivity index (χ0n) is 61.6. The SMILES string of the molecule is C1=Cc2cc(-c3cnc4c(ccc5cccnc54)c3)c3c4c(ccc(c24)C1)C=CC3.c1ccc2cc3cc(-c4cnc5c(ccc6c(-c7ccc8cc9ccccc9cc8c7)ccnc65)c4)ccc3cc2c1.c1cnc2c(c1)ccc1cc(-c3ccc4cc5cc(-c6ccc7ccc8cccnc8c7n6)ccc5cc4c3)cnc12. The van der Waals surface area contributed by atoms with Crippen molar-refractivity contribution in [3.8, 4) is 55.8 Å². The monoisotopic (exact) mass is 1450 g/mol. The molecule has 15 aromatic carbocycles. The van der Waals surface area contributed by atoms with E-state index in [2.05, 4.69) is 318 Å². The molecular weight excluding hydrogens is 1390 g/mol. The fourth-order valence-corrected chi connectivity index (χ4v) is 17.7. The molecule has 0 saturated heterocycles. The molecule has 0 amide bonds. The first-order valence-electron chi connectivity index (χ1n) is 38.8. The minimum absolute atomic E-state index is 0.927. The van der Waals surface area contributed by atoms with Gasteiger partial charge in [-0.1, -0.05) is 206 Å². The van der Waals surface area contributed by atoms with Crippen molar-refractivity contribution in [2.75, 3.05) is 0 Å². The van der Waals surface area contributed by atoms with Crippen LogP contribution in [0.3, 0.4) is 0 Å². The van der Waals surface area contributed by atoms with Crippen molar-refractivity contribution in [3.05, 3.63) is 375 Å². The van der Waals surface area contributed by atoms with Gasteiger partial charge >= 0.3 is 0 Å². The summed E-state index contributed by atoms with van der Waals surface area (Å²) in [6.45, 7) is 0. The third-order valence-corrected chi connectivity index (χ3v) is 23.4. The molecule has 0 aliphatic heterocycles. The van der Waals surface area contributed by atoms with Gasteiger partial charge in [0.05, 0.1) is 49.8 Å². The van der Waals surface area contributed by atoms with Crippen LogP contribution >= 0.6 is 0 Å². The van der Waals surface area contributed by atoms with Crippen LogP contribution in [-0.4, -0.2) is 39.9 Å². The Kier molecular flexibility index (Phi) is 15.0. The fraction of sp³-hybridized carbons (Fsp3) is 0.0189.